The number of nitrogens with zero attached hydrogens (tertiary/aromatic N) is 2. The van der Waals surface area contributed by atoms with E-state index in [1.165, 1.54) is 32.4 Å². The molecule has 2 aliphatic rings. The highest BCUT2D eigenvalue weighted by molar-refractivity contribution is 5.79. The Balaban J connectivity index is 1.83. The molecule has 2 aliphatic heterocycles. The number of hydrogen-bond acceptors (Lipinski definition) is 3. The van der Waals surface area contributed by atoms with Gasteiger partial charge in [-0.05, 0) is 72.9 Å². The van der Waals surface area contributed by atoms with Crippen molar-refractivity contribution in [2.75, 3.05) is 26.2 Å². The monoisotopic (exact) mass is 294 g/mol. The lowest BCUT2D eigenvalue weighted by molar-refractivity contribution is -0.122. The van der Waals surface area contributed by atoms with Crippen LogP contribution in [0.3, 0.4) is 0 Å². The van der Waals surface area contributed by atoms with Gasteiger partial charge in [0.1, 0.15) is 5.78 Å². The topological polar surface area (TPSA) is 23.6 Å². The van der Waals surface area contributed by atoms with Gasteiger partial charge in [0.25, 0.3) is 0 Å². The van der Waals surface area contributed by atoms with Crippen molar-refractivity contribution >= 4 is 5.78 Å². The summed E-state index contributed by atoms with van der Waals surface area (Å²) in [6, 6.07) is 0. The van der Waals surface area contributed by atoms with Crippen LogP contribution in [-0.4, -0.2) is 52.8 Å². The maximum atomic E-state index is 11.4. The molecule has 3 nitrogen and oxygen atoms in total. The minimum absolute atomic E-state index is 0.245. The van der Waals surface area contributed by atoms with Gasteiger partial charge in [-0.3, -0.25) is 14.6 Å². The van der Waals surface area contributed by atoms with Gasteiger partial charge in [-0.15, -0.1) is 0 Å². The van der Waals surface area contributed by atoms with Gasteiger partial charge in [0.15, 0.2) is 0 Å². The lowest BCUT2D eigenvalue weighted by Gasteiger charge is -2.46. The summed E-state index contributed by atoms with van der Waals surface area (Å²) >= 11 is 0. The zero-order valence-electron chi connectivity index (χ0n) is 14.7. The third-order valence-electron chi connectivity index (χ3n) is 5.53. The van der Waals surface area contributed by atoms with Crippen molar-refractivity contribution in [2.24, 2.45) is 5.92 Å². The van der Waals surface area contributed by atoms with Crippen molar-refractivity contribution in [3.8, 4) is 0 Å². The highest BCUT2D eigenvalue weighted by Gasteiger charge is 2.34. The fourth-order valence-corrected chi connectivity index (χ4v) is 4.00. The van der Waals surface area contributed by atoms with E-state index in [1.54, 1.807) is 0 Å². The summed E-state index contributed by atoms with van der Waals surface area (Å²) < 4.78 is 0. The van der Waals surface area contributed by atoms with E-state index in [9.17, 15) is 4.79 Å². The largest absolute Gasteiger partial charge is 0.300 e. The Hall–Kier alpha value is -0.410. The van der Waals surface area contributed by atoms with Gasteiger partial charge in [-0.25, -0.2) is 0 Å². The molecule has 0 amide bonds. The smallest absolute Gasteiger partial charge is 0.135 e. The van der Waals surface area contributed by atoms with Crippen molar-refractivity contribution in [1.82, 2.24) is 9.80 Å². The summed E-state index contributed by atoms with van der Waals surface area (Å²) in [5.74, 6) is 1.29. The first-order chi connectivity index (χ1) is 9.68. The summed E-state index contributed by atoms with van der Waals surface area (Å²) in [6.45, 7) is 16.1. The van der Waals surface area contributed by atoms with E-state index in [4.69, 9.17) is 0 Å². The maximum Gasteiger partial charge on any atom is 0.135 e. The number of piperidine rings is 2. The van der Waals surface area contributed by atoms with E-state index in [-0.39, 0.29) is 5.54 Å². The Bertz CT molecular complexity index is 352. The first kappa shape index (κ1) is 17.0. The number of rotatable bonds is 3. The lowest BCUT2D eigenvalue weighted by Crippen LogP contribution is -2.51. The average molecular weight is 294 g/mol. The van der Waals surface area contributed by atoms with Crippen molar-refractivity contribution < 1.29 is 4.79 Å². The Morgan fingerprint density at radius 2 is 1.43 bits per heavy atom. The van der Waals surface area contributed by atoms with Crippen LogP contribution in [0.1, 0.15) is 66.7 Å². The molecule has 0 bridgehead atoms. The molecule has 0 atom stereocenters. The number of Topliss-reactive ketones (excluding diaryl/α,β-unsaturated/α-hetero) is 1. The van der Waals surface area contributed by atoms with E-state index in [1.807, 2.05) is 0 Å². The summed E-state index contributed by atoms with van der Waals surface area (Å²) in [5.41, 5.74) is 0.559. The predicted octanol–water partition coefficient (Wildman–Crippen LogP) is 3.33. The van der Waals surface area contributed by atoms with Crippen molar-refractivity contribution in [3.05, 3.63) is 0 Å². The molecule has 0 aromatic rings. The molecule has 0 spiro atoms. The van der Waals surface area contributed by atoms with Gasteiger partial charge >= 0.3 is 0 Å². The molecular weight excluding hydrogens is 260 g/mol. The fourth-order valence-electron chi connectivity index (χ4n) is 4.00. The van der Waals surface area contributed by atoms with Gasteiger partial charge in [0.2, 0.25) is 0 Å². The first-order valence-electron chi connectivity index (χ1n) is 8.70. The number of hydrogen-bond donors (Lipinski definition) is 0. The van der Waals surface area contributed by atoms with Crippen LogP contribution < -0.4 is 0 Å². The molecular formula is C18H34N2O. The van der Waals surface area contributed by atoms with E-state index in [0.29, 0.717) is 11.3 Å². The SMILES string of the molecule is CC(C)(C)N1CCC(CC(C)(C)N2CCC(=O)CC2)CC1. The van der Waals surface area contributed by atoms with Crippen molar-refractivity contribution in [2.45, 2.75) is 77.8 Å². The summed E-state index contributed by atoms with van der Waals surface area (Å²) in [6.07, 6.45) is 5.44. The molecule has 2 heterocycles. The molecule has 0 unspecified atom stereocenters. The molecule has 0 radical (unpaired) electrons. The van der Waals surface area contributed by atoms with Crippen LogP contribution in [0.15, 0.2) is 0 Å². The van der Waals surface area contributed by atoms with Crippen LogP contribution in [0.2, 0.25) is 0 Å². The minimum Gasteiger partial charge on any atom is -0.300 e. The summed E-state index contributed by atoms with van der Waals surface area (Å²) in [5, 5.41) is 0. The molecule has 3 heteroatoms. The van der Waals surface area contributed by atoms with E-state index in [0.717, 1.165) is 31.8 Å². The third-order valence-corrected chi connectivity index (χ3v) is 5.53. The predicted molar refractivity (Wildman–Crippen MR) is 88.6 cm³/mol. The number of ketones is 1. The second-order valence-electron chi connectivity index (χ2n) is 8.64. The van der Waals surface area contributed by atoms with Gasteiger partial charge in [-0.2, -0.15) is 0 Å². The number of likely N-dealkylation sites (tertiary alicyclic amines) is 2. The molecule has 2 rings (SSSR count). The molecule has 2 saturated heterocycles. The van der Waals surface area contributed by atoms with Gasteiger partial charge in [-0.1, -0.05) is 0 Å². The highest BCUT2D eigenvalue weighted by Crippen LogP contribution is 2.32. The Morgan fingerprint density at radius 3 is 1.90 bits per heavy atom. The zero-order chi connectivity index (χ0) is 15.7. The fraction of sp³-hybridized carbons (Fsp3) is 0.944. The molecule has 0 saturated carbocycles. The molecule has 2 fully saturated rings. The van der Waals surface area contributed by atoms with Crippen LogP contribution in [0, 0.1) is 5.92 Å². The first-order valence-corrected chi connectivity index (χ1v) is 8.70. The van der Waals surface area contributed by atoms with Gasteiger partial charge in [0.05, 0.1) is 0 Å². The number of carbonyl (C=O) groups is 1. The quantitative estimate of drug-likeness (QED) is 0.797. The van der Waals surface area contributed by atoms with E-state index >= 15 is 0 Å². The third kappa shape index (κ3) is 4.53. The summed E-state index contributed by atoms with van der Waals surface area (Å²) in [4.78, 5) is 16.6. The normalized spacial score (nSPS) is 24.5. The van der Waals surface area contributed by atoms with E-state index < -0.39 is 0 Å². The van der Waals surface area contributed by atoms with E-state index in [2.05, 4.69) is 44.4 Å². The Morgan fingerprint density at radius 1 is 0.905 bits per heavy atom. The van der Waals surface area contributed by atoms with Crippen LogP contribution in [0.5, 0.6) is 0 Å². The highest BCUT2D eigenvalue weighted by atomic mass is 16.1. The molecule has 0 aromatic heterocycles. The standard InChI is InChI=1S/C18H34N2O/c1-17(2,3)19-10-6-15(7-11-19)14-18(4,5)20-12-8-16(21)9-13-20/h15H,6-14H2,1-5H3. The molecule has 0 aliphatic carbocycles. The second-order valence-corrected chi connectivity index (χ2v) is 8.64. The van der Waals surface area contributed by atoms with Crippen LogP contribution in [-0.2, 0) is 4.79 Å². The second kappa shape index (κ2) is 6.37. The van der Waals surface area contributed by atoms with Crippen LogP contribution in [0.25, 0.3) is 0 Å². The van der Waals surface area contributed by atoms with Crippen LogP contribution in [0.4, 0.5) is 0 Å². The van der Waals surface area contributed by atoms with Gasteiger partial charge in [0, 0.05) is 37.0 Å². The average Bonchev–Trinajstić information content (AvgIpc) is 2.38. The van der Waals surface area contributed by atoms with Crippen LogP contribution >= 0.6 is 0 Å². The zero-order valence-corrected chi connectivity index (χ0v) is 14.7. The minimum atomic E-state index is 0.245. The summed E-state index contributed by atoms with van der Waals surface area (Å²) in [7, 11) is 0. The molecule has 21 heavy (non-hydrogen) atoms. The Labute approximate surface area is 131 Å². The van der Waals surface area contributed by atoms with Gasteiger partial charge < -0.3 is 0 Å². The molecule has 122 valence electrons. The van der Waals surface area contributed by atoms with Crippen molar-refractivity contribution in [3.63, 3.8) is 0 Å². The Kier molecular flexibility index (Phi) is 5.15. The maximum absolute atomic E-state index is 11.4. The number of carbonyl (C=O) groups excluding carboxylic acids is 1. The van der Waals surface area contributed by atoms with Crippen molar-refractivity contribution in [1.29, 1.82) is 0 Å². The molecule has 0 aromatic carbocycles. The lowest BCUT2D eigenvalue weighted by atomic mass is 9.82. The molecule has 0 N–H and O–H groups in total.